The summed E-state index contributed by atoms with van der Waals surface area (Å²) in [7, 11) is 0. The molecule has 74 valence electrons. The molecule has 2 aliphatic rings. The maximum Gasteiger partial charge on any atom is 0.335 e. The molecule has 0 aromatic rings. The number of carbonyl (C=O) groups excluding carboxylic acids is 1. The van der Waals surface area contributed by atoms with Crippen LogP contribution in [0.2, 0.25) is 0 Å². The van der Waals surface area contributed by atoms with E-state index in [0.29, 0.717) is 18.7 Å². The Bertz CT molecular complexity index is 355. The number of ether oxygens (including phenoxy) is 1. The normalized spacial score (nSPS) is 19.4. The van der Waals surface area contributed by atoms with Crippen molar-refractivity contribution in [1.29, 1.82) is 0 Å². The number of carbonyl (C=O) groups is 1. The summed E-state index contributed by atoms with van der Waals surface area (Å²) < 4.78 is 4.92. The quantitative estimate of drug-likeness (QED) is 0.648. The Hall–Kier alpha value is -1.03. The Morgan fingerprint density at radius 3 is 3.36 bits per heavy atom. The van der Waals surface area contributed by atoms with Crippen molar-refractivity contribution in [1.82, 2.24) is 0 Å². The van der Waals surface area contributed by atoms with Crippen LogP contribution in [-0.4, -0.2) is 29.9 Å². The summed E-state index contributed by atoms with van der Waals surface area (Å²) >= 11 is 1.71. The SMILES string of the molecule is CCOC(=O)C1=CC2=CCSC2=NC1. The average Bonchev–Trinajstić information content (AvgIpc) is 2.64. The molecule has 0 aromatic carbocycles. The van der Waals surface area contributed by atoms with Gasteiger partial charge in [-0.25, -0.2) is 4.79 Å². The van der Waals surface area contributed by atoms with Crippen LogP contribution in [0.4, 0.5) is 0 Å². The highest BCUT2D eigenvalue weighted by molar-refractivity contribution is 8.15. The maximum absolute atomic E-state index is 11.4. The van der Waals surface area contributed by atoms with E-state index in [4.69, 9.17) is 4.74 Å². The molecule has 0 aromatic heterocycles. The first-order valence-corrected chi connectivity index (χ1v) is 5.55. The predicted molar refractivity (Wildman–Crippen MR) is 57.6 cm³/mol. The Morgan fingerprint density at radius 1 is 1.71 bits per heavy atom. The van der Waals surface area contributed by atoms with Crippen LogP contribution in [0.3, 0.4) is 0 Å². The van der Waals surface area contributed by atoms with E-state index >= 15 is 0 Å². The number of hydrogen-bond acceptors (Lipinski definition) is 4. The molecule has 14 heavy (non-hydrogen) atoms. The van der Waals surface area contributed by atoms with E-state index in [9.17, 15) is 4.79 Å². The van der Waals surface area contributed by atoms with E-state index in [1.807, 2.05) is 6.08 Å². The van der Waals surface area contributed by atoms with Crippen LogP contribution < -0.4 is 0 Å². The van der Waals surface area contributed by atoms with Gasteiger partial charge in [0.1, 0.15) is 0 Å². The van der Waals surface area contributed by atoms with Gasteiger partial charge in [0.2, 0.25) is 0 Å². The molecule has 0 atom stereocenters. The fraction of sp³-hybridized carbons (Fsp3) is 0.400. The second-order valence-electron chi connectivity index (χ2n) is 2.98. The minimum absolute atomic E-state index is 0.242. The van der Waals surface area contributed by atoms with Crippen LogP contribution in [0.5, 0.6) is 0 Å². The molecule has 0 saturated heterocycles. The number of fused-ring (bicyclic) bond motifs is 1. The van der Waals surface area contributed by atoms with Crippen molar-refractivity contribution < 1.29 is 9.53 Å². The van der Waals surface area contributed by atoms with E-state index in [-0.39, 0.29) is 5.97 Å². The molecule has 0 amide bonds. The first-order valence-electron chi connectivity index (χ1n) is 4.56. The molecular weight excluding hydrogens is 198 g/mol. The molecule has 0 fully saturated rings. The van der Waals surface area contributed by atoms with Crippen LogP contribution in [-0.2, 0) is 9.53 Å². The van der Waals surface area contributed by atoms with Gasteiger partial charge in [0.05, 0.1) is 23.8 Å². The molecule has 0 bridgehead atoms. The third kappa shape index (κ3) is 1.75. The molecule has 0 N–H and O–H groups in total. The fourth-order valence-corrected chi connectivity index (χ4v) is 2.26. The van der Waals surface area contributed by atoms with Crippen LogP contribution in [0, 0.1) is 0 Å². The topological polar surface area (TPSA) is 38.7 Å². The van der Waals surface area contributed by atoms with Crippen molar-refractivity contribution in [3.05, 3.63) is 23.3 Å². The first kappa shape index (κ1) is 9.52. The molecular formula is C10H11NO2S. The zero-order valence-electron chi connectivity index (χ0n) is 7.95. The largest absolute Gasteiger partial charge is 0.463 e. The van der Waals surface area contributed by atoms with E-state index in [1.165, 1.54) is 0 Å². The summed E-state index contributed by atoms with van der Waals surface area (Å²) in [6.07, 6.45) is 3.97. The zero-order chi connectivity index (χ0) is 9.97. The van der Waals surface area contributed by atoms with Gasteiger partial charge in [-0.15, -0.1) is 11.8 Å². The smallest absolute Gasteiger partial charge is 0.335 e. The molecule has 0 spiro atoms. The highest BCUT2D eigenvalue weighted by Crippen LogP contribution is 2.26. The fourth-order valence-electron chi connectivity index (χ4n) is 1.38. The molecule has 2 aliphatic heterocycles. The lowest BCUT2D eigenvalue weighted by Gasteiger charge is -2.10. The lowest BCUT2D eigenvalue weighted by Crippen LogP contribution is -2.14. The van der Waals surface area contributed by atoms with E-state index in [0.717, 1.165) is 16.4 Å². The third-order valence-electron chi connectivity index (χ3n) is 2.03. The van der Waals surface area contributed by atoms with Crippen LogP contribution >= 0.6 is 11.8 Å². The summed E-state index contributed by atoms with van der Waals surface area (Å²) in [6.45, 7) is 2.68. The van der Waals surface area contributed by atoms with Gasteiger partial charge in [-0.2, -0.15) is 0 Å². The highest BCUT2D eigenvalue weighted by Gasteiger charge is 2.20. The second-order valence-corrected chi connectivity index (χ2v) is 3.99. The molecule has 0 aliphatic carbocycles. The van der Waals surface area contributed by atoms with E-state index < -0.39 is 0 Å². The van der Waals surface area contributed by atoms with Gasteiger partial charge >= 0.3 is 5.97 Å². The Balaban J connectivity index is 2.13. The number of allylic oxidation sites excluding steroid dienone is 1. The van der Waals surface area contributed by atoms with Crippen molar-refractivity contribution in [2.45, 2.75) is 6.92 Å². The lowest BCUT2D eigenvalue weighted by molar-refractivity contribution is -0.138. The average molecular weight is 209 g/mol. The molecule has 3 nitrogen and oxygen atoms in total. The van der Waals surface area contributed by atoms with Gasteiger partial charge in [-0.05, 0) is 13.0 Å². The van der Waals surface area contributed by atoms with Gasteiger partial charge in [0.15, 0.2) is 0 Å². The predicted octanol–water partition coefficient (Wildman–Crippen LogP) is 1.56. The number of hydrogen-bond donors (Lipinski definition) is 0. The van der Waals surface area contributed by atoms with Crippen molar-refractivity contribution in [2.75, 3.05) is 18.9 Å². The van der Waals surface area contributed by atoms with Gasteiger partial charge in [-0.1, -0.05) is 6.08 Å². The molecule has 4 heteroatoms. The second kappa shape index (κ2) is 4.00. The van der Waals surface area contributed by atoms with Crippen LogP contribution in [0.15, 0.2) is 28.3 Å². The number of rotatable bonds is 2. The summed E-state index contributed by atoms with van der Waals surface area (Å²) in [6, 6.07) is 0. The number of thioether (sulfide) groups is 1. The summed E-state index contributed by atoms with van der Waals surface area (Å²) in [5, 5.41) is 1.05. The zero-order valence-corrected chi connectivity index (χ0v) is 8.76. The molecule has 2 rings (SSSR count). The number of dihydropyridines is 1. The van der Waals surface area contributed by atoms with Crippen LogP contribution in [0.1, 0.15) is 6.92 Å². The molecule has 0 unspecified atom stereocenters. The van der Waals surface area contributed by atoms with Gasteiger partial charge < -0.3 is 4.74 Å². The monoisotopic (exact) mass is 209 g/mol. The lowest BCUT2D eigenvalue weighted by atomic mass is 10.1. The van der Waals surface area contributed by atoms with Crippen molar-refractivity contribution >= 4 is 22.8 Å². The van der Waals surface area contributed by atoms with Gasteiger partial charge in [-0.3, -0.25) is 4.99 Å². The van der Waals surface area contributed by atoms with Crippen LogP contribution in [0.25, 0.3) is 0 Å². The molecule has 0 radical (unpaired) electrons. The third-order valence-corrected chi connectivity index (χ3v) is 3.00. The summed E-state index contributed by atoms with van der Waals surface area (Å²) in [5.41, 5.74) is 1.73. The highest BCUT2D eigenvalue weighted by atomic mass is 32.2. The Labute approximate surface area is 86.9 Å². The standard InChI is InChI=1S/C10H11NO2S/c1-2-13-10(12)8-5-7-3-4-14-9(7)11-6-8/h3,5H,2,4,6H2,1H3. The van der Waals surface area contributed by atoms with E-state index in [2.05, 4.69) is 11.1 Å². The van der Waals surface area contributed by atoms with Gasteiger partial charge in [0, 0.05) is 11.3 Å². The van der Waals surface area contributed by atoms with E-state index in [1.54, 1.807) is 18.7 Å². The van der Waals surface area contributed by atoms with Crippen molar-refractivity contribution in [3.8, 4) is 0 Å². The van der Waals surface area contributed by atoms with Gasteiger partial charge in [0.25, 0.3) is 0 Å². The summed E-state index contributed by atoms with van der Waals surface area (Å²) in [5.74, 6) is 0.717. The summed E-state index contributed by atoms with van der Waals surface area (Å²) in [4.78, 5) is 15.7. The number of nitrogens with zero attached hydrogens (tertiary/aromatic N) is 1. The molecule has 2 heterocycles. The maximum atomic E-state index is 11.4. The molecule has 0 saturated carbocycles. The minimum Gasteiger partial charge on any atom is -0.463 e. The minimum atomic E-state index is -0.242. The number of aliphatic imine (C=N–C) groups is 1. The Kier molecular flexibility index (Phi) is 2.72. The number of esters is 1. The van der Waals surface area contributed by atoms with Crippen molar-refractivity contribution in [3.63, 3.8) is 0 Å². The first-order chi connectivity index (χ1) is 6.81. The Morgan fingerprint density at radius 2 is 2.57 bits per heavy atom. The van der Waals surface area contributed by atoms with Crippen molar-refractivity contribution in [2.24, 2.45) is 4.99 Å².